The highest BCUT2D eigenvalue weighted by Crippen LogP contribution is 2.08. The lowest BCUT2D eigenvalue weighted by Crippen LogP contribution is -2.01. The van der Waals surface area contributed by atoms with Gasteiger partial charge in [-0.2, -0.15) is 0 Å². The minimum atomic E-state index is -0.355. The van der Waals surface area contributed by atoms with Crippen molar-refractivity contribution >= 4 is 11.9 Å². The molecule has 0 aliphatic rings. The number of allylic oxidation sites excluding steroid dienone is 1. The van der Waals surface area contributed by atoms with Crippen LogP contribution in [-0.2, 0) is 0 Å². The molecule has 13 heavy (non-hydrogen) atoms. The monoisotopic (exact) mass is 179 g/mol. The fourth-order valence-electron chi connectivity index (χ4n) is 0.880. The zero-order chi connectivity index (χ0) is 9.84. The van der Waals surface area contributed by atoms with Gasteiger partial charge < -0.3 is 11.1 Å². The Morgan fingerprint density at radius 1 is 1.62 bits per heavy atom. The molecule has 0 amide bonds. The lowest BCUT2D eigenvalue weighted by Gasteiger charge is -2.01. The minimum absolute atomic E-state index is 0.304. The van der Waals surface area contributed by atoms with Crippen molar-refractivity contribution in [3.63, 3.8) is 0 Å². The number of hydrogen-bond donors (Lipinski definition) is 2. The van der Waals surface area contributed by atoms with Gasteiger partial charge in [-0.3, -0.25) is 0 Å². The summed E-state index contributed by atoms with van der Waals surface area (Å²) in [6, 6.07) is 2.79. The molecule has 0 aliphatic heterocycles. The average molecular weight is 179 g/mol. The van der Waals surface area contributed by atoms with E-state index in [2.05, 4.69) is 4.98 Å². The maximum atomic E-state index is 12.8. The number of nitrogens with one attached hydrogen (secondary N) is 1. The first-order valence-corrected chi connectivity index (χ1v) is 3.75. The van der Waals surface area contributed by atoms with Crippen molar-refractivity contribution in [2.45, 2.75) is 6.92 Å². The molecule has 0 bridgehead atoms. The van der Waals surface area contributed by atoms with E-state index in [4.69, 9.17) is 11.1 Å². The van der Waals surface area contributed by atoms with E-state index in [0.717, 1.165) is 6.21 Å². The molecule has 0 aliphatic carbocycles. The highest BCUT2D eigenvalue weighted by Gasteiger charge is 2.01. The molecule has 1 aromatic heterocycles. The van der Waals surface area contributed by atoms with E-state index in [1.54, 1.807) is 6.92 Å². The fourth-order valence-corrected chi connectivity index (χ4v) is 0.880. The minimum Gasteiger partial charge on any atom is -0.397 e. The number of aromatic nitrogens is 1. The second-order valence-electron chi connectivity index (χ2n) is 2.55. The van der Waals surface area contributed by atoms with Gasteiger partial charge in [-0.05, 0) is 25.1 Å². The Morgan fingerprint density at radius 3 is 2.85 bits per heavy atom. The molecular weight excluding hydrogens is 169 g/mol. The van der Waals surface area contributed by atoms with Gasteiger partial charge in [-0.25, -0.2) is 9.37 Å². The highest BCUT2D eigenvalue weighted by atomic mass is 19.1. The molecule has 0 unspecified atom stereocenters. The summed E-state index contributed by atoms with van der Waals surface area (Å²) in [5, 5.41) is 6.80. The highest BCUT2D eigenvalue weighted by molar-refractivity contribution is 5.80. The Labute approximate surface area is 75.6 Å². The Bertz CT molecular complexity index is 358. The van der Waals surface area contributed by atoms with Crippen LogP contribution in [0.1, 0.15) is 11.4 Å². The zero-order valence-electron chi connectivity index (χ0n) is 7.21. The van der Waals surface area contributed by atoms with Gasteiger partial charge in [0.2, 0.25) is 0 Å². The molecule has 3 nitrogen and oxygen atoms in total. The van der Waals surface area contributed by atoms with Crippen LogP contribution in [0.5, 0.6) is 0 Å². The van der Waals surface area contributed by atoms with Gasteiger partial charge in [0.1, 0.15) is 5.82 Å². The quantitative estimate of drug-likeness (QED) is 0.675. The second-order valence-corrected chi connectivity index (χ2v) is 2.55. The Kier molecular flexibility index (Phi) is 2.74. The molecule has 0 spiro atoms. The predicted molar refractivity (Wildman–Crippen MR) is 49.9 cm³/mol. The van der Waals surface area contributed by atoms with Gasteiger partial charge >= 0.3 is 0 Å². The molecule has 1 aromatic rings. The first kappa shape index (κ1) is 9.38. The number of rotatable bonds is 2. The summed E-state index contributed by atoms with van der Waals surface area (Å²) in [7, 11) is 0. The summed E-state index contributed by atoms with van der Waals surface area (Å²) in [6.45, 7) is 1.57. The molecule has 1 rings (SSSR count). The van der Waals surface area contributed by atoms with E-state index in [-0.39, 0.29) is 5.82 Å². The van der Waals surface area contributed by atoms with Gasteiger partial charge in [-0.15, -0.1) is 0 Å². The van der Waals surface area contributed by atoms with Gasteiger partial charge in [0.25, 0.3) is 0 Å². The van der Waals surface area contributed by atoms with Crippen molar-refractivity contribution in [2.24, 2.45) is 5.73 Å². The third-order valence-electron chi connectivity index (χ3n) is 1.58. The maximum Gasteiger partial charge on any atom is 0.144 e. The van der Waals surface area contributed by atoms with Crippen LogP contribution in [-0.4, -0.2) is 11.2 Å². The summed E-state index contributed by atoms with van der Waals surface area (Å²) in [4.78, 5) is 3.92. The number of aryl methyl sites for hydroxylation is 1. The Balaban J connectivity index is 3.10. The van der Waals surface area contributed by atoms with Gasteiger partial charge in [0.05, 0.1) is 17.1 Å². The van der Waals surface area contributed by atoms with E-state index in [9.17, 15) is 4.39 Å². The molecule has 68 valence electrons. The molecule has 0 fully saturated rings. The second kappa shape index (κ2) is 3.80. The summed E-state index contributed by atoms with van der Waals surface area (Å²) in [5.74, 6) is -0.355. The molecule has 4 heteroatoms. The number of halogens is 1. The lowest BCUT2D eigenvalue weighted by atomic mass is 10.2. The van der Waals surface area contributed by atoms with Crippen LogP contribution < -0.4 is 5.73 Å². The van der Waals surface area contributed by atoms with Crippen molar-refractivity contribution in [3.05, 3.63) is 35.4 Å². The van der Waals surface area contributed by atoms with Crippen LogP contribution in [0.3, 0.4) is 0 Å². The van der Waals surface area contributed by atoms with Crippen molar-refractivity contribution in [1.29, 1.82) is 5.41 Å². The number of pyridine rings is 1. The standard InChI is InChI=1S/C9H10FN3/c1-6-7(10)2-3-9(13-6)8(12)4-5-11/h2-5,11H,12H2,1H3. The number of hydrogen-bond acceptors (Lipinski definition) is 3. The summed E-state index contributed by atoms with van der Waals surface area (Å²) < 4.78 is 12.8. The van der Waals surface area contributed by atoms with Crippen LogP contribution in [0.4, 0.5) is 4.39 Å². The smallest absolute Gasteiger partial charge is 0.144 e. The average Bonchev–Trinajstić information content (AvgIpc) is 2.10. The van der Waals surface area contributed by atoms with E-state index in [0.29, 0.717) is 17.1 Å². The van der Waals surface area contributed by atoms with E-state index < -0.39 is 0 Å². The van der Waals surface area contributed by atoms with E-state index in [1.807, 2.05) is 0 Å². The van der Waals surface area contributed by atoms with Gasteiger partial charge in [0.15, 0.2) is 0 Å². The predicted octanol–water partition coefficient (Wildman–Crippen LogP) is 1.48. The topological polar surface area (TPSA) is 62.8 Å². The van der Waals surface area contributed by atoms with Crippen LogP contribution in [0.2, 0.25) is 0 Å². The SMILES string of the molecule is Cc1nc(C(N)=CC=N)ccc1F. The first-order valence-electron chi connectivity index (χ1n) is 3.75. The Morgan fingerprint density at radius 2 is 2.31 bits per heavy atom. The molecule has 0 radical (unpaired) electrons. The molecule has 0 aromatic carbocycles. The van der Waals surface area contributed by atoms with Crippen LogP contribution >= 0.6 is 0 Å². The maximum absolute atomic E-state index is 12.8. The first-order chi connectivity index (χ1) is 6.15. The van der Waals surface area contributed by atoms with Crippen LogP contribution in [0.25, 0.3) is 5.70 Å². The third kappa shape index (κ3) is 2.11. The molecule has 0 saturated heterocycles. The number of nitrogens with two attached hydrogens (primary N) is 1. The largest absolute Gasteiger partial charge is 0.397 e. The van der Waals surface area contributed by atoms with Crippen molar-refractivity contribution in [3.8, 4) is 0 Å². The molecule has 0 atom stereocenters. The third-order valence-corrected chi connectivity index (χ3v) is 1.58. The summed E-state index contributed by atoms with van der Waals surface area (Å²) >= 11 is 0. The molecular formula is C9H10FN3. The molecule has 1 heterocycles. The van der Waals surface area contributed by atoms with E-state index >= 15 is 0 Å². The van der Waals surface area contributed by atoms with Crippen molar-refractivity contribution in [1.82, 2.24) is 4.98 Å². The van der Waals surface area contributed by atoms with Gasteiger partial charge in [0, 0.05) is 6.21 Å². The van der Waals surface area contributed by atoms with Crippen LogP contribution in [0.15, 0.2) is 18.2 Å². The summed E-state index contributed by atoms with van der Waals surface area (Å²) in [5.41, 5.74) is 6.70. The van der Waals surface area contributed by atoms with Gasteiger partial charge in [-0.1, -0.05) is 0 Å². The molecule has 3 N–H and O–H groups in total. The lowest BCUT2D eigenvalue weighted by molar-refractivity contribution is 0.609. The van der Waals surface area contributed by atoms with Crippen molar-refractivity contribution in [2.75, 3.05) is 0 Å². The number of nitrogens with zero attached hydrogens (tertiary/aromatic N) is 1. The van der Waals surface area contributed by atoms with Crippen LogP contribution in [0, 0.1) is 18.2 Å². The zero-order valence-corrected chi connectivity index (χ0v) is 7.21. The summed E-state index contributed by atoms with van der Waals surface area (Å²) in [6.07, 6.45) is 2.47. The van der Waals surface area contributed by atoms with E-state index in [1.165, 1.54) is 18.2 Å². The molecule has 0 saturated carbocycles. The fraction of sp³-hybridized carbons (Fsp3) is 0.111. The normalized spacial score (nSPS) is 11.4. The Hall–Kier alpha value is -1.71. The van der Waals surface area contributed by atoms with Crippen molar-refractivity contribution < 1.29 is 4.39 Å².